The van der Waals surface area contributed by atoms with Gasteiger partial charge in [-0.3, -0.25) is 4.98 Å². The summed E-state index contributed by atoms with van der Waals surface area (Å²) < 4.78 is 0. The van der Waals surface area contributed by atoms with E-state index in [1.165, 1.54) is 0 Å². The molecule has 1 fully saturated rings. The molecule has 2 heterocycles. The van der Waals surface area contributed by atoms with Crippen LogP contribution in [0.15, 0.2) is 12.4 Å². The lowest BCUT2D eigenvalue weighted by Crippen LogP contribution is -2.33. The van der Waals surface area contributed by atoms with E-state index in [-0.39, 0.29) is 0 Å². The van der Waals surface area contributed by atoms with Crippen LogP contribution in [0.4, 0.5) is 11.6 Å². The Morgan fingerprint density at radius 1 is 1.31 bits per heavy atom. The summed E-state index contributed by atoms with van der Waals surface area (Å²) in [6.45, 7) is 2.09. The lowest BCUT2D eigenvalue weighted by atomic mass is 10.4. The van der Waals surface area contributed by atoms with Gasteiger partial charge in [0, 0.05) is 24.6 Å². The van der Waals surface area contributed by atoms with E-state index in [2.05, 4.69) is 14.9 Å². The molecule has 0 radical (unpaired) electrons. The summed E-state index contributed by atoms with van der Waals surface area (Å²) in [6, 6.07) is 0. The first-order valence-electron chi connectivity index (χ1n) is 4.26. The Morgan fingerprint density at radius 3 is 2.77 bits per heavy atom. The summed E-state index contributed by atoms with van der Waals surface area (Å²) in [6.07, 6.45) is 3.34. The number of thioether (sulfide) groups is 1. The smallest absolute Gasteiger partial charge is 0.149 e. The van der Waals surface area contributed by atoms with E-state index in [0.717, 1.165) is 30.4 Å². The Morgan fingerprint density at radius 2 is 2.08 bits per heavy atom. The van der Waals surface area contributed by atoms with Gasteiger partial charge in [-0.05, 0) is 0 Å². The largest absolute Gasteiger partial charge is 0.382 e. The maximum absolute atomic E-state index is 5.56. The van der Waals surface area contributed by atoms with Crippen molar-refractivity contribution in [1.82, 2.24) is 9.97 Å². The zero-order chi connectivity index (χ0) is 9.10. The highest BCUT2D eigenvalue weighted by atomic mass is 32.2. The van der Waals surface area contributed by atoms with Gasteiger partial charge < -0.3 is 10.6 Å². The molecule has 1 aliphatic rings. The van der Waals surface area contributed by atoms with Crippen LogP contribution in [0.3, 0.4) is 0 Å². The van der Waals surface area contributed by atoms with Crippen LogP contribution >= 0.6 is 11.8 Å². The van der Waals surface area contributed by atoms with Gasteiger partial charge in [-0.1, -0.05) is 0 Å². The second-order valence-corrected chi connectivity index (χ2v) is 4.13. The molecule has 0 aromatic carbocycles. The summed E-state index contributed by atoms with van der Waals surface area (Å²) >= 11 is 1.98. The van der Waals surface area contributed by atoms with E-state index in [1.54, 1.807) is 12.4 Å². The minimum atomic E-state index is 0.496. The van der Waals surface area contributed by atoms with Gasteiger partial charge in [-0.25, -0.2) is 4.98 Å². The lowest BCUT2D eigenvalue weighted by Gasteiger charge is -2.26. The predicted octanol–water partition coefficient (Wildman–Crippen LogP) is 0.612. The maximum Gasteiger partial charge on any atom is 0.149 e. The standard InChI is InChI=1S/C8H12N4S/c9-7-5-10-6-8(11-7)12-1-3-13-4-2-12/h5-6H,1-4H2,(H2,9,11). The van der Waals surface area contributed by atoms with Crippen LogP contribution < -0.4 is 10.6 Å². The SMILES string of the molecule is Nc1cncc(N2CCSCC2)n1. The lowest BCUT2D eigenvalue weighted by molar-refractivity contribution is 0.835. The van der Waals surface area contributed by atoms with Gasteiger partial charge in [0.05, 0.1) is 12.4 Å². The second kappa shape index (κ2) is 3.83. The van der Waals surface area contributed by atoms with Crippen molar-refractivity contribution in [2.45, 2.75) is 0 Å². The molecule has 13 heavy (non-hydrogen) atoms. The van der Waals surface area contributed by atoms with Crippen LogP contribution in [0.25, 0.3) is 0 Å². The van der Waals surface area contributed by atoms with Crippen LogP contribution in [-0.2, 0) is 0 Å². The molecule has 70 valence electrons. The first-order chi connectivity index (χ1) is 6.36. The molecule has 1 aromatic rings. The van der Waals surface area contributed by atoms with Gasteiger partial charge in [-0.2, -0.15) is 11.8 Å². The van der Waals surface area contributed by atoms with Gasteiger partial charge in [0.15, 0.2) is 0 Å². The average molecular weight is 196 g/mol. The molecule has 0 aliphatic carbocycles. The van der Waals surface area contributed by atoms with E-state index >= 15 is 0 Å². The number of nitrogens with zero attached hydrogens (tertiary/aromatic N) is 3. The van der Waals surface area contributed by atoms with Crippen LogP contribution in [-0.4, -0.2) is 34.6 Å². The molecule has 0 unspecified atom stereocenters. The van der Waals surface area contributed by atoms with Crippen molar-refractivity contribution in [3.63, 3.8) is 0 Å². The minimum absolute atomic E-state index is 0.496. The predicted molar refractivity (Wildman–Crippen MR) is 56.0 cm³/mol. The van der Waals surface area contributed by atoms with Crippen molar-refractivity contribution in [1.29, 1.82) is 0 Å². The van der Waals surface area contributed by atoms with Gasteiger partial charge >= 0.3 is 0 Å². The van der Waals surface area contributed by atoms with Crippen molar-refractivity contribution < 1.29 is 0 Å². The van der Waals surface area contributed by atoms with E-state index in [0.29, 0.717) is 5.82 Å². The Hall–Kier alpha value is -0.970. The molecule has 4 nitrogen and oxygen atoms in total. The average Bonchev–Trinajstić information content (AvgIpc) is 2.19. The normalized spacial score (nSPS) is 17.4. The highest BCUT2D eigenvalue weighted by Gasteiger charge is 2.12. The molecule has 0 amide bonds. The summed E-state index contributed by atoms with van der Waals surface area (Å²) in [5, 5.41) is 0. The molecule has 1 saturated heterocycles. The topological polar surface area (TPSA) is 55.0 Å². The van der Waals surface area contributed by atoms with E-state index in [9.17, 15) is 0 Å². The maximum atomic E-state index is 5.56. The molecule has 1 aliphatic heterocycles. The van der Waals surface area contributed by atoms with Crippen molar-refractivity contribution >= 4 is 23.4 Å². The van der Waals surface area contributed by atoms with E-state index < -0.39 is 0 Å². The Labute approximate surface area is 81.5 Å². The minimum Gasteiger partial charge on any atom is -0.382 e. The molecule has 1 aromatic heterocycles. The number of nitrogen functional groups attached to an aromatic ring is 1. The van der Waals surface area contributed by atoms with Gasteiger partial charge in [0.25, 0.3) is 0 Å². The van der Waals surface area contributed by atoms with E-state index in [1.807, 2.05) is 11.8 Å². The summed E-state index contributed by atoms with van der Waals surface area (Å²) in [5.74, 6) is 3.73. The highest BCUT2D eigenvalue weighted by molar-refractivity contribution is 7.99. The van der Waals surface area contributed by atoms with Crippen molar-refractivity contribution in [3.05, 3.63) is 12.4 Å². The number of hydrogen-bond donors (Lipinski definition) is 1. The van der Waals surface area contributed by atoms with Crippen molar-refractivity contribution in [3.8, 4) is 0 Å². The summed E-state index contributed by atoms with van der Waals surface area (Å²) in [5.41, 5.74) is 5.56. The molecule has 0 saturated carbocycles. The molecule has 0 bridgehead atoms. The van der Waals surface area contributed by atoms with Crippen LogP contribution in [0.1, 0.15) is 0 Å². The first kappa shape index (κ1) is 8.62. The fourth-order valence-electron chi connectivity index (χ4n) is 1.32. The van der Waals surface area contributed by atoms with Crippen LogP contribution in [0.2, 0.25) is 0 Å². The van der Waals surface area contributed by atoms with Gasteiger partial charge in [-0.15, -0.1) is 0 Å². The monoisotopic (exact) mass is 196 g/mol. The molecule has 2 rings (SSSR count). The quantitative estimate of drug-likeness (QED) is 0.713. The summed E-state index contributed by atoms with van der Waals surface area (Å²) in [4.78, 5) is 10.5. The number of rotatable bonds is 1. The fraction of sp³-hybridized carbons (Fsp3) is 0.500. The highest BCUT2D eigenvalue weighted by Crippen LogP contribution is 2.16. The molecular formula is C8H12N4S. The Kier molecular flexibility index (Phi) is 2.54. The molecule has 0 spiro atoms. The molecule has 5 heteroatoms. The van der Waals surface area contributed by atoms with E-state index in [4.69, 9.17) is 5.73 Å². The third kappa shape index (κ3) is 2.03. The van der Waals surface area contributed by atoms with Gasteiger partial charge in [0.2, 0.25) is 0 Å². The zero-order valence-electron chi connectivity index (χ0n) is 7.31. The summed E-state index contributed by atoms with van der Waals surface area (Å²) in [7, 11) is 0. The Balaban J connectivity index is 2.14. The first-order valence-corrected chi connectivity index (χ1v) is 5.42. The Bertz CT molecular complexity index is 285. The molecule has 2 N–H and O–H groups in total. The molecular weight excluding hydrogens is 184 g/mol. The van der Waals surface area contributed by atoms with Crippen LogP contribution in [0.5, 0.6) is 0 Å². The zero-order valence-corrected chi connectivity index (χ0v) is 8.13. The molecule has 0 atom stereocenters. The van der Waals surface area contributed by atoms with Crippen molar-refractivity contribution in [2.75, 3.05) is 35.2 Å². The number of anilines is 2. The second-order valence-electron chi connectivity index (χ2n) is 2.90. The van der Waals surface area contributed by atoms with Gasteiger partial charge in [0.1, 0.15) is 11.6 Å². The fourth-order valence-corrected chi connectivity index (χ4v) is 2.22. The number of hydrogen-bond acceptors (Lipinski definition) is 5. The van der Waals surface area contributed by atoms with Crippen LogP contribution in [0, 0.1) is 0 Å². The third-order valence-corrected chi connectivity index (χ3v) is 2.92. The number of nitrogens with two attached hydrogens (primary N) is 1. The number of aromatic nitrogens is 2. The van der Waals surface area contributed by atoms with Crippen molar-refractivity contribution in [2.24, 2.45) is 0 Å². The third-order valence-electron chi connectivity index (χ3n) is 1.98.